The Morgan fingerprint density at radius 1 is 1.02 bits per heavy atom. The third kappa shape index (κ3) is 6.11. The van der Waals surface area contributed by atoms with Crippen molar-refractivity contribution >= 4 is 50.9 Å². The number of anilines is 1. The number of nitrogens with one attached hydrogen (secondary N) is 1. The zero-order chi connectivity index (χ0) is 31.5. The number of thiazole rings is 1. The fourth-order valence-electron chi connectivity index (χ4n) is 4.94. The van der Waals surface area contributed by atoms with Crippen LogP contribution in [0.25, 0.3) is 6.08 Å². The summed E-state index contributed by atoms with van der Waals surface area (Å²) in [6, 6.07) is 17.6. The molecule has 226 valence electrons. The van der Waals surface area contributed by atoms with Crippen molar-refractivity contribution in [2.24, 2.45) is 4.99 Å². The fourth-order valence-corrected chi connectivity index (χ4v) is 6.42. The zero-order valence-corrected chi connectivity index (χ0v) is 27.2. The Kier molecular flexibility index (Phi) is 9.17. The minimum atomic E-state index is -0.677. The van der Waals surface area contributed by atoms with Crippen molar-refractivity contribution in [2.45, 2.75) is 26.8 Å². The summed E-state index contributed by atoms with van der Waals surface area (Å²) in [5.74, 6) is -0.0597. The first-order chi connectivity index (χ1) is 21.1. The minimum absolute atomic E-state index is 0.218. The maximum absolute atomic E-state index is 13.8. The Bertz CT molecular complexity index is 1980. The molecule has 1 atom stereocenters. The molecule has 1 unspecified atom stereocenters. The maximum Gasteiger partial charge on any atom is 0.338 e. The van der Waals surface area contributed by atoms with E-state index in [2.05, 4.69) is 26.2 Å². The standard InChI is InChI=1S/C33H30BrN3O6S/c1-18-19(2)24(13-12-23(18)34)36-28(38)17-43-25-14-11-21(15-26(25)41-4)16-27-31(39)37-30(22-9-7-6-8-10-22)29(32(40)42-5)20(3)35-33(37)44-27/h6-16,30H,17H2,1-5H3,(H,36,38). The molecule has 0 radical (unpaired) electrons. The van der Waals surface area contributed by atoms with E-state index in [0.717, 1.165) is 21.2 Å². The van der Waals surface area contributed by atoms with Crippen LogP contribution >= 0.6 is 27.3 Å². The number of hydrogen-bond donors (Lipinski definition) is 1. The van der Waals surface area contributed by atoms with Gasteiger partial charge in [-0.2, -0.15) is 0 Å². The summed E-state index contributed by atoms with van der Waals surface area (Å²) >= 11 is 4.73. The number of fused-ring (bicyclic) bond motifs is 1. The van der Waals surface area contributed by atoms with E-state index in [1.807, 2.05) is 56.3 Å². The molecule has 3 aromatic carbocycles. The van der Waals surface area contributed by atoms with E-state index >= 15 is 0 Å². The van der Waals surface area contributed by atoms with Crippen LogP contribution in [0.1, 0.15) is 35.2 Å². The van der Waals surface area contributed by atoms with Gasteiger partial charge in [0.05, 0.1) is 36.1 Å². The largest absolute Gasteiger partial charge is 0.493 e. The predicted octanol–water partition coefficient (Wildman–Crippen LogP) is 4.81. The van der Waals surface area contributed by atoms with Gasteiger partial charge in [-0.3, -0.25) is 14.2 Å². The van der Waals surface area contributed by atoms with Crippen LogP contribution in [0, 0.1) is 13.8 Å². The first-order valence-electron chi connectivity index (χ1n) is 13.6. The predicted molar refractivity (Wildman–Crippen MR) is 173 cm³/mol. The summed E-state index contributed by atoms with van der Waals surface area (Å²) in [6.45, 7) is 5.44. The number of rotatable bonds is 8. The summed E-state index contributed by atoms with van der Waals surface area (Å²) in [7, 11) is 2.82. The topological polar surface area (TPSA) is 108 Å². The molecule has 44 heavy (non-hydrogen) atoms. The van der Waals surface area contributed by atoms with Gasteiger partial charge in [0.25, 0.3) is 11.5 Å². The Morgan fingerprint density at radius 3 is 2.48 bits per heavy atom. The van der Waals surface area contributed by atoms with E-state index in [1.54, 1.807) is 31.2 Å². The van der Waals surface area contributed by atoms with Crippen LogP contribution in [0.5, 0.6) is 11.5 Å². The van der Waals surface area contributed by atoms with Crippen molar-refractivity contribution in [1.82, 2.24) is 4.57 Å². The van der Waals surface area contributed by atoms with Crippen molar-refractivity contribution in [3.05, 3.63) is 118 Å². The molecule has 1 N–H and O–H groups in total. The number of benzene rings is 3. The average Bonchev–Trinajstić information content (AvgIpc) is 3.33. The number of halogens is 1. The van der Waals surface area contributed by atoms with E-state index in [1.165, 1.54) is 30.1 Å². The smallest absolute Gasteiger partial charge is 0.338 e. The number of allylic oxidation sites excluding steroid dienone is 1. The summed E-state index contributed by atoms with van der Waals surface area (Å²) in [5.41, 5.74) is 4.70. The van der Waals surface area contributed by atoms with Crippen LogP contribution in [-0.2, 0) is 14.3 Å². The van der Waals surface area contributed by atoms with Gasteiger partial charge < -0.3 is 19.5 Å². The molecule has 1 aliphatic heterocycles. The van der Waals surface area contributed by atoms with Crippen molar-refractivity contribution < 1.29 is 23.8 Å². The lowest BCUT2D eigenvalue weighted by atomic mass is 9.96. The summed E-state index contributed by atoms with van der Waals surface area (Å²) < 4.78 is 19.3. The van der Waals surface area contributed by atoms with Crippen molar-refractivity contribution in [3.8, 4) is 11.5 Å². The molecule has 0 aliphatic carbocycles. The molecule has 4 aromatic rings. The Balaban J connectivity index is 1.43. The number of hydrogen-bond acceptors (Lipinski definition) is 8. The molecule has 0 saturated carbocycles. The third-order valence-corrected chi connectivity index (χ3v) is 9.22. The lowest BCUT2D eigenvalue weighted by Gasteiger charge is -2.24. The second kappa shape index (κ2) is 13.0. The highest BCUT2D eigenvalue weighted by molar-refractivity contribution is 9.10. The van der Waals surface area contributed by atoms with Gasteiger partial charge in [-0.15, -0.1) is 0 Å². The summed E-state index contributed by atoms with van der Waals surface area (Å²) in [6.07, 6.45) is 1.74. The lowest BCUT2D eigenvalue weighted by molar-refractivity contribution is -0.136. The third-order valence-electron chi connectivity index (χ3n) is 7.38. The lowest BCUT2D eigenvalue weighted by Crippen LogP contribution is -2.39. The molecule has 1 amide bonds. The number of ether oxygens (including phenoxy) is 3. The Labute approximate surface area is 266 Å². The van der Waals surface area contributed by atoms with Crippen LogP contribution in [0.15, 0.2) is 86.2 Å². The number of amides is 1. The molecule has 1 aliphatic rings. The van der Waals surface area contributed by atoms with E-state index in [4.69, 9.17) is 14.2 Å². The van der Waals surface area contributed by atoms with E-state index in [-0.39, 0.29) is 18.1 Å². The second-order valence-electron chi connectivity index (χ2n) is 10.1. The molecule has 1 aromatic heterocycles. The van der Waals surface area contributed by atoms with Gasteiger partial charge in [0, 0.05) is 10.2 Å². The number of carbonyl (C=O) groups excluding carboxylic acids is 2. The molecular formula is C33H30BrN3O6S. The Hall–Kier alpha value is -4.48. The first-order valence-corrected chi connectivity index (χ1v) is 15.3. The first kappa shape index (κ1) is 31.0. The fraction of sp³-hybridized carbons (Fsp3) is 0.212. The number of methoxy groups -OCH3 is 2. The number of aromatic nitrogens is 1. The molecule has 11 heteroatoms. The monoisotopic (exact) mass is 675 g/mol. The van der Waals surface area contributed by atoms with Gasteiger partial charge in [0.2, 0.25) is 0 Å². The molecule has 5 rings (SSSR count). The number of esters is 1. The van der Waals surface area contributed by atoms with Gasteiger partial charge in [0.1, 0.15) is 0 Å². The van der Waals surface area contributed by atoms with Crippen LogP contribution in [-0.4, -0.2) is 37.3 Å². The van der Waals surface area contributed by atoms with Gasteiger partial charge in [0.15, 0.2) is 22.9 Å². The molecular weight excluding hydrogens is 646 g/mol. The minimum Gasteiger partial charge on any atom is -0.493 e. The highest BCUT2D eigenvalue weighted by atomic mass is 79.9. The van der Waals surface area contributed by atoms with E-state index in [0.29, 0.717) is 43.4 Å². The van der Waals surface area contributed by atoms with Crippen molar-refractivity contribution in [3.63, 3.8) is 0 Å². The van der Waals surface area contributed by atoms with E-state index < -0.39 is 12.0 Å². The number of nitrogens with zero attached hydrogens (tertiary/aromatic N) is 2. The average molecular weight is 677 g/mol. The maximum atomic E-state index is 13.8. The number of carbonyl (C=O) groups is 2. The molecule has 9 nitrogen and oxygen atoms in total. The van der Waals surface area contributed by atoms with Gasteiger partial charge in [-0.1, -0.05) is 63.7 Å². The van der Waals surface area contributed by atoms with Gasteiger partial charge in [-0.25, -0.2) is 9.79 Å². The van der Waals surface area contributed by atoms with Gasteiger partial charge in [-0.05, 0) is 73.4 Å². The highest BCUT2D eigenvalue weighted by Crippen LogP contribution is 2.31. The van der Waals surface area contributed by atoms with Gasteiger partial charge >= 0.3 is 5.97 Å². The summed E-state index contributed by atoms with van der Waals surface area (Å²) in [4.78, 5) is 44.3. The van der Waals surface area contributed by atoms with Crippen molar-refractivity contribution in [1.29, 1.82) is 0 Å². The normalized spacial score (nSPS) is 14.5. The zero-order valence-electron chi connectivity index (χ0n) is 24.8. The van der Waals surface area contributed by atoms with Crippen LogP contribution in [0.4, 0.5) is 5.69 Å². The molecule has 0 spiro atoms. The summed E-state index contributed by atoms with van der Waals surface area (Å²) in [5, 5.41) is 2.88. The SMILES string of the molecule is COC(=O)C1=C(C)N=c2sc(=Cc3ccc(OCC(=O)Nc4ccc(Br)c(C)c4C)c(OC)c3)c(=O)n2C1c1ccccc1. The van der Waals surface area contributed by atoms with Crippen LogP contribution in [0.3, 0.4) is 0 Å². The van der Waals surface area contributed by atoms with Crippen LogP contribution < -0.4 is 29.7 Å². The molecule has 0 bridgehead atoms. The van der Waals surface area contributed by atoms with Crippen molar-refractivity contribution in [2.75, 3.05) is 26.1 Å². The molecule has 0 saturated heterocycles. The quantitative estimate of drug-likeness (QED) is 0.269. The second-order valence-corrected chi connectivity index (χ2v) is 11.9. The Morgan fingerprint density at radius 2 is 1.77 bits per heavy atom. The van der Waals surface area contributed by atoms with E-state index in [9.17, 15) is 14.4 Å². The molecule has 0 fully saturated rings. The highest BCUT2D eigenvalue weighted by Gasteiger charge is 2.32. The van der Waals surface area contributed by atoms with Crippen LogP contribution in [0.2, 0.25) is 0 Å². The molecule has 2 heterocycles.